The Bertz CT molecular complexity index is 1170. The molecule has 0 saturated carbocycles. The average Bonchev–Trinajstić information content (AvgIpc) is 2.92. The summed E-state index contributed by atoms with van der Waals surface area (Å²) in [6, 6.07) is 14.2. The Labute approximate surface area is 221 Å². The monoisotopic (exact) mass is 522 g/mol. The second kappa shape index (κ2) is 11.6. The summed E-state index contributed by atoms with van der Waals surface area (Å²) in [4.78, 5) is 43.3. The zero-order chi connectivity index (χ0) is 27.3. The quantitative estimate of drug-likeness (QED) is 0.221. The standard InChI is InChI=1S/C27H34N6O5/c1-2-21(38-20-10-8-18(9-11-20)25(28)29)24(32-14-12-30-16-22(32)34)27(26(36)37,19-6-4-3-5-7-19)33-15-13-31-17-23(33)35/h3-11,21,24,30-31H,2,12-17H2,1H3,(H3,28,29)(H,36,37). The number of hydrogen-bond donors (Lipinski definition) is 5. The van der Waals surface area contributed by atoms with Crippen molar-refractivity contribution in [2.45, 2.75) is 31.0 Å². The van der Waals surface area contributed by atoms with Crippen molar-refractivity contribution in [2.24, 2.45) is 5.73 Å². The van der Waals surface area contributed by atoms with Gasteiger partial charge in [-0.15, -0.1) is 0 Å². The first-order chi connectivity index (χ1) is 18.3. The van der Waals surface area contributed by atoms with Gasteiger partial charge in [-0.2, -0.15) is 0 Å². The topological polar surface area (TPSA) is 161 Å². The van der Waals surface area contributed by atoms with E-state index in [0.29, 0.717) is 36.4 Å². The molecule has 0 aromatic heterocycles. The van der Waals surface area contributed by atoms with Crippen molar-refractivity contribution in [3.05, 3.63) is 65.7 Å². The molecule has 3 unspecified atom stereocenters. The van der Waals surface area contributed by atoms with E-state index in [1.54, 1.807) is 59.5 Å². The highest BCUT2D eigenvalue weighted by Crippen LogP contribution is 2.40. The van der Waals surface area contributed by atoms with Crippen molar-refractivity contribution in [1.82, 2.24) is 20.4 Å². The van der Waals surface area contributed by atoms with Crippen LogP contribution in [0.5, 0.6) is 5.75 Å². The number of carboxylic acids is 1. The third kappa shape index (κ3) is 5.07. The molecule has 2 heterocycles. The number of nitrogens with one attached hydrogen (secondary N) is 3. The summed E-state index contributed by atoms with van der Waals surface area (Å²) in [6.07, 6.45) is -0.433. The Morgan fingerprint density at radius 3 is 2.24 bits per heavy atom. The summed E-state index contributed by atoms with van der Waals surface area (Å²) in [6.45, 7) is 3.22. The van der Waals surface area contributed by atoms with Crippen LogP contribution in [0.1, 0.15) is 24.5 Å². The zero-order valence-corrected chi connectivity index (χ0v) is 21.4. The second-order valence-electron chi connectivity index (χ2n) is 9.37. The molecule has 4 rings (SSSR count). The molecule has 11 nitrogen and oxygen atoms in total. The van der Waals surface area contributed by atoms with E-state index in [-0.39, 0.29) is 43.8 Å². The van der Waals surface area contributed by atoms with Gasteiger partial charge in [0.1, 0.15) is 23.7 Å². The van der Waals surface area contributed by atoms with Crippen LogP contribution < -0.4 is 21.1 Å². The fraction of sp³-hybridized carbons (Fsp3) is 0.407. The summed E-state index contributed by atoms with van der Waals surface area (Å²) in [5, 5.41) is 24.8. The average molecular weight is 523 g/mol. The molecule has 3 atom stereocenters. The highest BCUT2D eigenvalue weighted by atomic mass is 16.5. The van der Waals surface area contributed by atoms with Crippen LogP contribution in [0, 0.1) is 5.41 Å². The van der Waals surface area contributed by atoms with Crippen LogP contribution in [0.25, 0.3) is 0 Å². The molecule has 0 bridgehead atoms. The number of carboxylic acid groups (broad SMARTS) is 1. The first-order valence-corrected chi connectivity index (χ1v) is 12.7. The minimum absolute atomic E-state index is 0.00571. The van der Waals surface area contributed by atoms with Crippen LogP contribution in [0.4, 0.5) is 0 Å². The first kappa shape index (κ1) is 27.1. The number of nitrogens with two attached hydrogens (primary N) is 1. The molecule has 2 aromatic rings. The number of amidine groups is 1. The van der Waals surface area contributed by atoms with Crippen molar-refractivity contribution in [3.8, 4) is 5.75 Å². The Kier molecular flexibility index (Phi) is 8.28. The van der Waals surface area contributed by atoms with Crippen molar-refractivity contribution in [1.29, 1.82) is 5.41 Å². The van der Waals surface area contributed by atoms with Crippen LogP contribution in [-0.4, -0.2) is 89.9 Å². The van der Waals surface area contributed by atoms with Gasteiger partial charge >= 0.3 is 5.97 Å². The number of benzene rings is 2. The third-order valence-electron chi connectivity index (χ3n) is 7.15. The third-order valence-corrected chi connectivity index (χ3v) is 7.15. The van der Waals surface area contributed by atoms with Crippen LogP contribution in [0.2, 0.25) is 0 Å². The molecule has 11 heteroatoms. The summed E-state index contributed by atoms with van der Waals surface area (Å²) < 4.78 is 6.42. The summed E-state index contributed by atoms with van der Waals surface area (Å²) >= 11 is 0. The minimum atomic E-state index is -1.91. The number of carbonyl (C=O) groups excluding carboxylic acids is 2. The van der Waals surface area contributed by atoms with Gasteiger partial charge in [0.05, 0.1) is 13.1 Å². The predicted octanol–water partition coefficient (Wildman–Crippen LogP) is 0.340. The Morgan fingerprint density at radius 2 is 1.68 bits per heavy atom. The number of amides is 2. The first-order valence-electron chi connectivity index (χ1n) is 12.7. The molecule has 2 saturated heterocycles. The smallest absolute Gasteiger partial charge is 0.336 e. The lowest BCUT2D eigenvalue weighted by Gasteiger charge is -2.53. The van der Waals surface area contributed by atoms with Gasteiger partial charge in [0.2, 0.25) is 11.8 Å². The number of piperazine rings is 2. The Hall–Kier alpha value is -3.96. The number of nitrogen functional groups attached to an aromatic ring is 1. The number of rotatable bonds is 10. The van der Waals surface area contributed by atoms with Gasteiger partial charge in [0, 0.05) is 31.7 Å². The van der Waals surface area contributed by atoms with Gasteiger partial charge in [-0.25, -0.2) is 4.79 Å². The highest BCUT2D eigenvalue weighted by molar-refractivity contribution is 5.95. The van der Waals surface area contributed by atoms with Crippen LogP contribution in [-0.2, 0) is 19.9 Å². The van der Waals surface area contributed by atoms with Crippen LogP contribution >= 0.6 is 0 Å². The molecular formula is C27H34N6O5. The SMILES string of the molecule is CCC(Oc1ccc(C(=N)N)cc1)C(N1CCNCC1=O)C(C(=O)O)(c1ccccc1)N1CCNCC1=O. The Balaban J connectivity index is 1.91. The molecule has 38 heavy (non-hydrogen) atoms. The molecular weight excluding hydrogens is 488 g/mol. The fourth-order valence-electron chi connectivity index (χ4n) is 5.39. The van der Waals surface area contributed by atoms with Crippen molar-refractivity contribution in [3.63, 3.8) is 0 Å². The largest absolute Gasteiger partial charge is 0.488 e. The summed E-state index contributed by atoms with van der Waals surface area (Å²) in [5.74, 6) is -1.51. The van der Waals surface area contributed by atoms with E-state index in [9.17, 15) is 19.5 Å². The van der Waals surface area contributed by atoms with Crippen molar-refractivity contribution < 1.29 is 24.2 Å². The fourth-order valence-corrected chi connectivity index (χ4v) is 5.39. The lowest BCUT2D eigenvalue weighted by molar-refractivity contribution is -0.175. The number of hydrogen-bond acceptors (Lipinski definition) is 7. The molecule has 2 amide bonds. The van der Waals surface area contributed by atoms with Gasteiger partial charge in [0.15, 0.2) is 5.54 Å². The molecule has 2 aliphatic rings. The minimum Gasteiger partial charge on any atom is -0.488 e. The summed E-state index contributed by atoms with van der Waals surface area (Å²) in [5.41, 5.74) is 4.60. The lowest BCUT2D eigenvalue weighted by atomic mass is 9.75. The van der Waals surface area contributed by atoms with E-state index in [4.69, 9.17) is 15.9 Å². The maximum absolute atomic E-state index is 13.6. The number of ether oxygens (including phenoxy) is 1. The number of aliphatic carboxylic acids is 1. The molecule has 2 aliphatic heterocycles. The molecule has 0 aliphatic carbocycles. The molecule has 0 spiro atoms. The molecule has 0 radical (unpaired) electrons. The van der Waals surface area contributed by atoms with Gasteiger partial charge in [-0.1, -0.05) is 37.3 Å². The van der Waals surface area contributed by atoms with E-state index in [1.807, 2.05) is 6.92 Å². The number of nitrogens with zero attached hydrogens (tertiary/aromatic N) is 2. The zero-order valence-electron chi connectivity index (χ0n) is 21.4. The van der Waals surface area contributed by atoms with Gasteiger partial charge in [-0.3, -0.25) is 15.0 Å². The van der Waals surface area contributed by atoms with Crippen LogP contribution in [0.15, 0.2) is 54.6 Å². The van der Waals surface area contributed by atoms with Crippen LogP contribution in [0.3, 0.4) is 0 Å². The maximum atomic E-state index is 13.6. The summed E-state index contributed by atoms with van der Waals surface area (Å²) in [7, 11) is 0. The highest BCUT2D eigenvalue weighted by Gasteiger charge is 2.60. The van der Waals surface area contributed by atoms with Gasteiger partial charge < -0.3 is 36.0 Å². The molecule has 6 N–H and O–H groups in total. The van der Waals surface area contributed by atoms with E-state index >= 15 is 0 Å². The molecule has 2 aromatic carbocycles. The van der Waals surface area contributed by atoms with Gasteiger partial charge in [-0.05, 0) is 36.2 Å². The normalized spacial score (nSPS) is 19.4. The molecule has 2 fully saturated rings. The van der Waals surface area contributed by atoms with Gasteiger partial charge in [0.25, 0.3) is 0 Å². The van der Waals surface area contributed by atoms with Crippen molar-refractivity contribution >= 4 is 23.6 Å². The second-order valence-corrected chi connectivity index (χ2v) is 9.37. The Morgan fingerprint density at radius 1 is 1.05 bits per heavy atom. The van der Waals surface area contributed by atoms with E-state index < -0.39 is 23.7 Å². The van der Waals surface area contributed by atoms with Crippen molar-refractivity contribution in [2.75, 3.05) is 39.3 Å². The predicted molar refractivity (Wildman–Crippen MR) is 141 cm³/mol. The molecule has 202 valence electrons. The maximum Gasteiger partial charge on any atom is 0.336 e. The van der Waals surface area contributed by atoms with E-state index in [0.717, 1.165) is 0 Å². The van der Waals surface area contributed by atoms with E-state index in [1.165, 1.54) is 4.90 Å². The van der Waals surface area contributed by atoms with E-state index in [2.05, 4.69) is 10.6 Å². The lowest BCUT2D eigenvalue weighted by Crippen LogP contribution is -2.73. The number of carbonyl (C=O) groups is 3.